The maximum atomic E-state index is 5.22. The number of allylic oxidation sites excluding steroid dienone is 4. The summed E-state index contributed by atoms with van der Waals surface area (Å²) in [6.45, 7) is 0.735. The standard InChI is InChI=1S/C54H37N4/c1-3-12-37(13-4-1)52-56-53(38-14-5-2-6-15-38)58-54(57-52)44-32-42(36-24-22-35(23-25-36)39-26-27-41-34-55-29-28-40(41)30-39)31-43(33-44)45-20-11-21-50-48-17-8-7-16-46(48)47-18-9-10-19-49(47)51(45)50/h1-32,43H,33-34H2/q-1. The van der Waals surface area contributed by atoms with E-state index >= 15 is 0 Å². The van der Waals surface area contributed by atoms with Gasteiger partial charge < -0.3 is 5.32 Å². The summed E-state index contributed by atoms with van der Waals surface area (Å²) in [7, 11) is 0. The largest absolute Gasteiger partial charge is 0.687 e. The Labute approximate surface area is 337 Å². The van der Waals surface area contributed by atoms with Crippen molar-refractivity contribution >= 4 is 49.5 Å². The van der Waals surface area contributed by atoms with Crippen molar-refractivity contribution in [2.24, 2.45) is 0 Å². The molecule has 0 fully saturated rings. The summed E-state index contributed by atoms with van der Waals surface area (Å²) in [6, 6.07) is 60.6. The van der Waals surface area contributed by atoms with Crippen LogP contribution in [0.15, 0.2) is 188 Å². The molecule has 1 aromatic heterocycles. The Bertz CT molecular complexity index is 3020. The van der Waals surface area contributed by atoms with E-state index in [2.05, 4.69) is 157 Å². The molecule has 4 heteroatoms. The van der Waals surface area contributed by atoms with E-state index in [1.807, 2.05) is 42.6 Å². The minimum Gasteiger partial charge on any atom is -0.687 e. The Morgan fingerprint density at radius 2 is 1.02 bits per heavy atom. The van der Waals surface area contributed by atoms with Gasteiger partial charge in [-0.3, -0.25) is 0 Å². The van der Waals surface area contributed by atoms with Crippen molar-refractivity contribution in [1.29, 1.82) is 0 Å². The van der Waals surface area contributed by atoms with Gasteiger partial charge >= 0.3 is 0 Å². The smallest absolute Gasteiger partial charge is 0.164 e. The first-order chi connectivity index (χ1) is 28.7. The van der Waals surface area contributed by atoms with E-state index in [4.69, 9.17) is 15.0 Å². The van der Waals surface area contributed by atoms with E-state index in [0.717, 1.165) is 40.8 Å². The van der Waals surface area contributed by atoms with Crippen LogP contribution in [0.4, 0.5) is 0 Å². The molecular weight excluding hydrogens is 705 g/mol. The summed E-state index contributed by atoms with van der Waals surface area (Å²) < 4.78 is 0. The van der Waals surface area contributed by atoms with Crippen LogP contribution in [0.2, 0.25) is 0 Å². The van der Waals surface area contributed by atoms with Crippen LogP contribution >= 0.6 is 0 Å². The van der Waals surface area contributed by atoms with Crippen LogP contribution in [-0.4, -0.2) is 15.0 Å². The second kappa shape index (κ2) is 14.3. The van der Waals surface area contributed by atoms with Gasteiger partial charge in [0.15, 0.2) is 17.5 Å². The van der Waals surface area contributed by atoms with E-state index in [1.54, 1.807) is 0 Å². The zero-order valence-electron chi connectivity index (χ0n) is 31.8. The molecule has 4 nitrogen and oxygen atoms in total. The van der Waals surface area contributed by atoms with Gasteiger partial charge in [-0.25, -0.2) is 15.0 Å². The average molecular weight is 742 g/mol. The lowest BCUT2D eigenvalue weighted by Crippen LogP contribution is -2.09. The number of nitrogens with zero attached hydrogens (tertiary/aromatic N) is 4. The molecule has 8 aromatic carbocycles. The molecule has 0 N–H and O–H groups in total. The predicted octanol–water partition coefficient (Wildman–Crippen LogP) is 13.8. The van der Waals surface area contributed by atoms with Crippen molar-refractivity contribution < 1.29 is 0 Å². The monoisotopic (exact) mass is 741 g/mol. The number of hydrogen-bond donors (Lipinski definition) is 0. The zero-order valence-corrected chi connectivity index (χ0v) is 31.8. The Morgan fingerprint density at radius 3 is 1.69 bits per heavy atom. The molecule has 11 rings (SSSR count). The zero-order chi connectivity index (χ0) is 38.4. The molecule has 1 unspecified atom stereocenters. The molecule has 0 saturated heterocycles. The highest BCUT2D eigenvalue weighted by atomic mass is 15.0. The van der Waals surface area contributed by atoms with E-state index in [9.17, 15) is 0 Å². The molecule has 2 heterocycles. The number of benzene rings is 8. The normalized spacial score (nSPS) is 14.9. The van der Waals surface area contributed by atoms with Gasteiger partial charge in [-0.2, -0.15) is 6.20 Å². The number of hydrogen-bond acceptors (Lipinski definition) is 3. The molecule has 0 bridgehead atoms. The lowest BCUT2D eigenvalue weighted by molar-refractivity contribution is 0.864. The highest BCUT2D eigenvalue weighted by Gasteiger charge is 2.25. The molecular formula is C54H37N4-. The third-order valence-electron chi connectivity index (χ3n) is 11.7. The van der Waals surface area contributed by atoms with Gasteiger partial charge in [0.2, 0.25) is 0 Å². The molecule has 0 amide bonds. The van der Waals surface area contributed by atoms with Gasteiger partial charge in [-0.1, -0.05) is 182 Å². The first-order valence-corrected chi connectivity index (χ1v) is 19.9. The maximum Gasteiger partial charge on any atom is 0.164 e. The molecule has 0 radical (unpaired) electrons. The predicted molar refractivity (Wildman–Crippen MR) is 241 cm³/mol. The van der Waals surface area contributed by atoms with Crippen molar-refractivity contribution in [3.63, 3.8) is 0 Å². The number of aromatic nitrogens is 3. The fourth-order valence-electron chi connectivity index (χ4n) is 8.80. The van der Waals surface area contributed by atoms with Crippen molar-refractivity contribution in [1.82, 2.24) is 15.0 Å². The highest BCUT2D eigenvalue weighted by molar-refractivity contribution is 6.26. The van der Waals surface area contributed by atoms with E-state index in [0.29, 0.717) is 17.5 Å². The molecule has 274 valence electrons. The fraction of sp³-hybridized carbons (Fsp3) is 0.0556. The second-order valence-electron chi connectivity index (χ2n) is 15.1. The molecule has 58 heavy (non-hydrogen) atoms. The lowest BCUT2D eigenvalue weighted by atomic mass is 9.80. The summed E-state index contributed by atoms with van der Waals surface area (Å²) in [6.07, 6.45) is 9.51. The van der Waals surface area contributed by atoms with Crippen molar-refractivity contribution in [3.8, 4) is 33.9 Å². The van der Waals surface area contributed by atoms with Gasteiger partial charge in [-0.05, 0) is 89.8 Å². The third kappa shape index (κ3) is 6.07. The van der Waals surface area contributed by atoms with Crippen molar-refractivity contribution in [2.75, 3.05) is 0 Å². The van der Waals surface area contributed by atoms with Crippen LogP contribution in [-0.2, 0) is 6.54 Å². The summed E-state index contributed by atoms with van der Waals surface area (Å²) in [5, 5.41) is 12.1. The summed E-state index contributed by atoms with van der Waals surface area (Å²) in [5.41, 5.74) is 11.5. The van der Waals surface area contributed by atoms with Crippen LogP contribution in [0.25, 0.3) is 88.8 Å². The van der Waals surface area contributed by atoms with Gasteiger partial charge in [0.25, 0.3) is 0 Å². The molecule has 2 aliphatic rings. The molecule has 9 aromatic rings. The number of fused-ring (bicyclic) bond motifs is 7. The summed E-state index contributed by atoms with van der Waals surface area (Å²) in [5.74, 6) is 2.08. The van der Waals surface area contributed by atoms with Crippen molar-refractivity contribution in [3.05, 3.63) is 222 Å². The molecule has 1 aliphatic carbocycles. The van der Waals surface area contributed by atoms with Crippen LogP contribution in [0.5, 0.6) is 0 Å². The topological polar surface area (TPSA) is 52.8 Å². The Balaban J connectivity index is 1.09. The Hall–Kier alpha value is -7.43. The van der Waals surface area contributed by atoms with E-state index in [1.165, 1.54) is 60.1 Å². The molecule has 1 aliphatic heterocycles. The fourth-order valence-corrected chi connectivity index (χ4v) is 8.80. The van der Waals surface area contributed by atoms with Crippen molar-refractivity contribution in [2.45, 2.75) is 18.9 Å². The van der Waals surface area contributed by atoms with Crippen LogP contribution in [0, 0.1) is 0 Å². The van der Waals surface area contributed by atoms with Crippen LogP contribution in [0.3, 0.4) is 0 Å². The van der Waals surface area contributed by atoms with Gasteiger partial charge in [0.05, 0.1) is 0 Å². The third-order valence-corrected chi connectivity index (χ3v) is 11.7. The minimum absolute atomic E-state index is 0.0536. The molecule has 1 atom stereocenters. The lowest BCUT2D eigenvalue weighted by Gasteiger charge is -2.25. The van der Waals surface area contributed by atoms with Gasteiger partial charge in [-0.15, -0.1) is 6.54 Å². The summed E-state index contributed by atoms with van der Waals surface area (Å²) >= 11 is 0. The molecule has 0 saturated carbocycles. The molecule has 0 spiro atoms. The minimum atomic E-state index is 0.0536. The van der Waals surface area contributed by atoms with Crippen LogP contribution < -0.4 is 0 Å². The Kier molecular flexibility index (Phi) is 8.32. The number of rotatable bonds is 6. The highest BCUT2D eigenvalue weighted by Crippen LogP contribution is 2.45. The summed E-state index contributed by atoms with van der Waals surface area (Å²) in [4.78, 5) is 15.5. The maximum absolute atomic E-state index is 5.22. The van der Waals surface area contributed by atoms with Crippen LogP contribution in [0.1, 0.15) is 40.4 Å². The SMILES string of the molecule is C1=Cc2cc(-c3ccc(C4=CC(c5cccc6c7ccccc7c7ccccc7c56)CC(c5nc(-c6ccccc6)nc(-c6ccccc6)n5)=C4)cc3)ccc2C[N-]1. The average Bonchev–Trinajstić information content (AvgIpc) is 3.31. The van der Waals surface area contributed by atoms with E-state index < -0.39 is 0 Å². The Morgan fingerprint density at radius 1 is 0.466 bits per heavy atom. The quantitative estimate of drug-likeness (QED) is 0.159. The first-order valence-electron chi connectivity index (χ1n) is 19.9. The first kappa shape index (κ1) is 33.9. The van der Waals surface area contributed by atoms with Gasteiger partial charge in [0.1, 0.15) is 0 Å². The second-order valence-corrected chi connectivity index (χ2v) is 15.1. The van der Waals surface area contributed by atoms with Gasteiger partial charge in [0, 0.05) is 17.0 Å². The van der Waals surface area contributed by atoms with E-state index in [-0.39, 0.29) is 5.92 Å².